The number of nitrogens with zero attached hydrogens (tertiary/aromatic N) is 3. The lowest BCUT2D eigenvalue weighted by Gasteiger charge is -2.30. The first kappa shape index (κ1) is 24.4. The third-order valence-electron chi connectivity index (χ3n) is 6.62. The largest absolute Gasteiger partial charge is 0.450 e. The number of guanidine groups is 1. The van der Waals surface area contributed by atoms with Crippen molar-refractivity contribution in [2.24, 2.45) is 22.4 Å². The van der Waals surface area contributed by atoms with Gasteiger partial charge in [-0.15, -0.1) is 0 Å². The molecule has 0 saturated heterocycles. The molecule has 1 unspecified atom stereocenters. The van der Waals surface area contributed by atoms with E-state index in [1.165, 1.54) is 5.56 Å². The zero-order valence-corrected chi connectivity index (χ0v) is 20.7. The van der Waals surface area contributed by atoms with Gasteiger partial charge in [-0.2, -0.15) is 16.7 Å². The Balaban J connectivity index is 1.32. The molecule has 4 rings (SSSR count). The van der Waals surface area contributed by atoms with Crippen molar-refractivity contribution in [1.29, 1.82) is 0 Å². The SMILES string of the molecule is CSC(C)c1ccc2c(c1)Nc1nc(=O)n(CC3CCC(NCCCN=C(N)N)CC3)cc1O2. The molecule has 0 spiro atoms. The Hall–Kier alpha value is -2.72. The standard InChI is InChI=1S/C24H35N7O2S/c1-15(34-2)17-6-9-20-19(12-17)29-22-21(33-20)14-31(24(32)30-22)13-16-4-7-18(8-5-16)27-10-3-11-28-23(25)26/h6,9,12,14-16,18,27H,3-5,7-8,10-11,13H2,1-2H3,(H4,25,26,28)(H,29,30,32). The Morgan fingerprint density at radius 1 is 1.32 bits per heavy atom. The minimum absolute atomic E-state index is 0.146. The highest BCUT2D eigenvalue weighted by atomic mass is 32.2. The summed E-state index contributed by atoms with van der Waals surface area (Å²) in [4.78, 5) is 21.0. The predicted molar refractivity (Wildman–Crippen MR) is 139 cm³/mol. The van der Waals surface area contributed by atoms with Crippen LogP contribution in [0.2, 0.25) is 0 Å². The lowest BCUT2D eigenvalue weighted by atomic mass is 9.86. The molecular weight excluding hydrogens is 450 g/mol. The fraction of sp³-hybridized carbons (Fsp3) is 0.542. The predicted octanol–water partition coefficient (Wildman–Crippen LogP) is 3.33. The van der Waals surface area contributed by atoms with Gasteiger partial charge in [-0.1, -0.05) is 6.07 Å². The molecule has 6 N–H and O–H groups in total. The number of rotatable bonds is 9. The number of aliphatic imine (C=N–C) groups is 1. The second-order valence-electron chi connectivity index (χ2n) is 9.08. The first-order valence-corrected chi connectivity index (χ1v) is 13.2. The van der Waals surface area contributed by atoms with Crippen LogP contribution in [0.1, 0.15) is 49.8 Å². The van der Waals surface area contributed by atoms with Crippen molar-refractivity contribution < 1.29 is 4.74 Å². The van der Waals surface area contributed by atoms with E-state index in [-0.39, 0.29) is 11.6 Å². The fourth-order valence-corrected chi connectivity index (χ4v) is 4.98. The minimum atomic E-state index is -0.244. The van der Waals surface area contributed by atoms with Crippen LogP contribution >= 0.6 is 11.8 Å². The molecule has 34 heavy (non-hydrogen) atoms. The topological polar surface area (TPSA) is 133 Å². The van der Waals surface area contributed by atoms with E-state index in [1.807, 2.05) is 6.07 Å². The van der Waals surface area contributed by atoms with Gasteiger partial charge in [-0.25, -0.2) is 4.79 Å². The number of ether oxygens (including phenoxy) is 1. The molecule has 184 valence electrons. The number of thioether (sulfide) groups is 1. The highest BCUT2D eigenvalue weighted by Crippen LogP contribution is 2.42. The second-order valence-corrected chi connectivity index (χ2v) is 10.3. The Morgan fingerprint density at radius 2 is 2.12 bits per heavy atom. The normalized spacial score (nSPS) is 19.8. The molecule has 1 aliphatic heterocycles. The summed E-state index contributed by atoms with van der Waals surface area (Å²) in [5.74, 6) is 2.43. The highest BCUT2D eigenvalue weighted by Gasteiger charge is 2.24. The number of benzene rings is 1. The van der Waals surface area contributed by atoms with Crippen LogP contribution in [-0.4, -0.2) is 40.9 Å². The van der Waals surface area contributed by atoms with Crippen molar-refractivity contribution in [2.75, 3.05) is 24.7 Å². The van der Waals surface area contributed by atoms with Gasteiger partial charge in [0.05, 0.1) is 11.9 Å². The molecule has 2 aromatic rings. The van der Waals surface area contributed by atoms with Gasteiger partial charge in [-0.3, -0.25) is 9.56 Å². The summed E-state index contributed by atoms with van der Waals surface area (Å²) in [5.41, 5.74) is 12.5. The molecule has 2 heterocycles. The van der Waals surface area contributed by atoms with Crippen molar-refractivity contribution in [1.82, 2.24) is 14.9 Å². The molecular formula is C24H35N7O2S. The van der Waals surface area contributed by atoms with Crippen LogP contribution < -0.4 is 32.5 Å². The van der Waals surface area contributed by atoms with E-state index in [0.29, 0.717) is 41.9 Å². The van der Waals surface area contributed by atoms with Gasteiger partial charge in [0.15, 0.2) is 23.3 Å². The van der Waals surface area contributed by atoms with Crippen LogP contribution in [0.5, 0.6) is 11.5 Å². The van der Waals surface area contributed by atoms with E-state index in [0.717, 1.165) is 50.1 Å². The number of fused-ring (bicyclic) bond motifs is 2. The lowest BCUT2D eigenvalue weighted by molar-refractivity contribution is 0.264. The third-order valence-corrected chi connectivity index (χ3v) is 7.60. The number of nitrogens with two attached hydrogens (primary N) is 2. The van der Waals surface area contributed by atoms with E-state index in [9.17, 15) is 4.79 Å². The highest BCUT2D eigenvalue weighted by molar-refractivity contribution is 7.98. The van der Waals surface area contributed by atoms with E-state index < -0.39 is 0 Å². The maximum absolute atomic E-state index is 12.7. The van der Waals surface area contributed by atoms with Gasteiger partial charge < -0.3 is 26.8 Å². The molecule has 2 aliphatic rings. The molecule has 9 nitrogen and oxygen atoms in total. The Labute approximate surface area is 204 Å². The molecule has 1 atom stereocenters. The summed E-state index contributed by atoms with van der Waals surface area (Å²) < 4.78 is 7.80. The maximum Gasteiger partial charge on any atom is 0.349 e. The Bertz CT molecular complexity index is 1080. The van der Waals surface area contributed by atoms with Gasteiger partial charge in [0.25, 0.3) is 0 Å². The zero-order valence-electron chi connectivity index (χ0n) is 19.9. The summed E-state index contributed by atoms with van der Waals surface area (Å²) in [6.07, 6.45) is 9.16. The molecule has 1 fully saturated rings. The maximum atomic E-state index is 12.7. The summed E-state index contributed by atoms with van der Waals surface area (Å²) in [6.45, 7) is 4.39. The van der Waals surface area contributed by atoms with Gasteiger partial charge in [0.1, 0.15) is 0 Å². The molecule has 1 saturated carbocycles. The van der Waals surface area contributed by atoms with Gasteiger partial charge in [-0.05, 0) is 75.4 Å². The van der Waals surface area contributed by atoms with E-state index in [4.69, 9.17) is 16.2 Å². The monoisotopic (exact) mass is 485 g/mol. The smallest absolute Gasteiger partial charge is 0.349 e. The first-order valence-electron chi connectivity index (χ1n) is 11.9. The Morgan fingerprint density at radius 3 is 2.85 bits per heavy atom. The first-order chi connectivity index (χ1) is 16.4. The van der Waals surface area contributed by atoms with Crippen molar-refractivity contribution in [2.45, 2.75) is 56.9 Å². The second kappa shape index (κ2) is 11.1. The quantitative estimate of drug-likeness (QED) is 0.206. The summed E-state index contributed by atoms with van der Waals surface area (Å²) in [5, 5.41) is 7.26. The molecule has 0 amide bonds. The summed E-state index contributed by atoms with van der Waals surface area (Å²) in [6, 6.07) is 6.65. The number of anilines is 2. The van der Waals surface area contributed by atoms with Crippen molar-refractivity contribution >= 4 is 29.2 Å². The van der Waals surface area contributed by atoms with Crippen LogP contribution in [0.25, 0.3) is 0 Å². The lowest BCUT2D eigenvalue weighted by Crippen LogP contribution is -2.36. The minimum Gasteiger partial charge on any atom is -0.450 e. The van der Waals surface area contributed by atoms with E-state index >= 15 is 0 Å². The Kier molecular flexibility index (Phi) is 7.99. The zero-order chi connectivity index (χ0) is 24.1. The average molecular weight is 486 g/mol. The number of hydrogen-bond donors (Lipinski definition) is 4. The molecule has 1 aliphatic carbocycles. The van der Waals surface area contributed by atoms with Crippen molar-refractivity contribution in [3.63, 3.8) is 0 Å². The van der Waals surface area contributed by atoms with Gasteiger partial charge >= 0.3 is 5.69 Å². The summed E-state index contributed by atoms with van der Waals surface area (Å²) >= 11 is 1.79. The number of hydrogen-bond acceptors (Lipinski definition) is 7. The van der Waals surface area contributed by atoms with Crippen LogP contribution in [0.15, 0.2) is 34.2 Å². The summed E-state index contributed by atoms with van der Waals surface area (Å²) in [7, 11) is 0. The van der Waals surface area contributed by atoms with Crippen molar-refractivity contribution in [3.8, 4) is 11.5 Å². The fourth-order valence-electron chi connectivity index (χ4n) is 4.56. The van der Waals surface area contributed by atoms with Crippen LogP contribution in [0, 0.1) is 5.92 Å². The molecule has 1 aromatic heterocycles. The molecule has 1 aromatic carbocycles. The van der Waals surface area contributed by atoms with E-state index in [1.54, 1.807) is 22.5 Å². The van der Waals surface area contributed by atoms with Crippen LogP contribution in [0.4, 0.5) is 11.5 Å². The molecule has 0 radical (unpaired) electrons. The molecule has 0 bridgehead atoms. The number of nitrogens with one attached hydrogen (secondary N) is 2. The van der Waals surface area contributed by atoms with Crippen LogP contribution in [0.3, 0.4) is 0 Å². The number of aromatic nitrogens is 2. The molecule has 10 heteroatoms. The third kappa shape index (κ3) is 6.04. The van der Waals surface area contributed by atoms with Gasteiger partial charge in [0.2, 0.25) is 0 Å². The van der Waals surface area contributed by atoms with Crippen LogP contribution in [-0.2, 0) is 6.54 Å². The van der Waals surface area contributed by atoms with Crippen molar-refractivity contribution in [3.05, 3.63) is 40.4 Å². The van der Waals surface area contributed by atoms with E-state index in [2.05, 4.69) is 45.9 Å². The van der Waals surface area contributed by atoms with Gasteiger partial charge in [0, 0.05) is 24.4 Å². The average Bonchev–Trinajstić information content (AvgIpc) is 2.83.